The van der Waals surface area contributed by atoms with Gasteiger partial charge in [0.2, 0.25) is 6.43 Å². The Morgan fingerprint density at radius 2 is 1.85 bits per heavy atom. The lowest BCUT2D eigenvalue weighted by molar-refractivity contribution is 0.0377. The van der Waals surface area contributed by atoms with Crippen molar-refractivity contribution in [2.24, 2.45) is 5.41 Å². The Bertz CT molecular complexity index is 269. The van der Waals surface area contributed by atoms with Crippen LogP contribution in [0.3, 0.4) is 0 Å². The number of alkyl halides is 2. The van der Waals surface area contributed by atoms with Crippen LogP contribution in [0.25, 0.3) is 0 Å². The molecule has 1 fully saturated rings. The molecule has 1 saturated carbocycles. The van der Waals surface area contributed by atoms with Crippen molar-refractivity contribution in [2.45, 2.75) is 32.1 Å². The maximum absolute atomic E-state index is 12.3. The summed E-state index contributed by atoms with van der Waals surface area (Å²) < 4.78 is 56.9. The first-order valence-corrected chi connectivity index (χ1v) is 5.59. The van der Waals surface area contributed by atoms with Crippen LogP contribution in [0.15, 0.2) is 0 Å². The zero-order chi connectivity index (χ0) is 10.1. The van der Waals surface area contributed by atoms with E-state index in [0.717, 1.165) is 0 Å². The lowest BCUT2D eigenvalue weighted by Crippen LogP contribution is -2.37. The number of halogens is 3. The van der Waals surface area contributed by atoms with Crippen molar-refractivity contribution >= 4 is 10.2 Å². The third-order valence-corrected chi connectivity index (χ3v) is 3.44. The smallest absolute Gasteiger partial charge is 0.211 e. The predicted molar refractivity (Wildman–Crippen MR) is 41.8 cm³/mol. The van der Waals surface area contributed by atoms with Crippen molar-refractivity contribution in [3.05, 3.63) is 0 Å². The Morgan fingerprint density at radius 3 is 2.08 bits per heavy atom. The van der Waals surface area contributed by atoms with E-state index in [4.69, 9.17) is 0 Å². The van der Waals surface area contributed by atoms with Crippen molar-refractivity contribution in [1.29, 1.82) is 0 Å². The summed E-state index contributed by atoms with van der Waals surface area (Å²) in [6.07, 6.45) is -1.57. The Balaban J connectivity index is 2.60. The number of hydrogen-bond acceptors (Lipinski definition) is 2. The summed E-state index contributed by atoms with van der Waals surface area (Å²) in [6, 6.07) is 0. The summed E-state index contributed by atoms with van der Waals surface area (Å²) in [4.78, 5) is 0. The van der Waals surface area contributed by atoms with Crippen LogP contribution in [0.4, 0.5) is 12.7 Å². The molecule has 0 aromatic carbocycles. The topological polar surface area (TPSA) is 34.1 Å². The fourth-order valence-corrected chi connectivity index (χ4v) is 2.92. The van der Waals surface area contributed by atoms with Crippen molar-refractivity contribution in [3.8, 4) is 0 Å². The molecule has 2 nitrogen and oxygen atoms in total. The molecule has 0 atom stereocenters. The second-order valence-electron chi connectivity index (χ2n) is 3.63. The highest BCUT2D eigenvalue weighted by molar-refractivity contribution is 7.86. The van der Waals surface area contributed by atoms with Crippen LogP contribution in [0.1, 0.15) is 25.7 Å². The molecule has 78 valence electrons. The second kappa shape index (κ2) is 3.48. The van der Waals surface area contributed by atoms with Crippen molar-refractivity contribution in [3.63, 3.8) is 0 Å². The second-order valence-corrected chi connectivity index (χ2v) is 5.00. The maximum atomic E-state index is 12.3. The summed E-state index contributed by atoms with van der Waals surface area (Å²) in [5.41, 5.74) is -0.984. The van der Waals surface area contributed by atoms with Crippen molar-refractivity contribution < 1.29 is 21.1 Å². The van der Waals surface area contributed by atoms with Gasteiger partial charge in [0.05, 0.1) is 5.75 Å². The maximum Gasteiger partial charge on any atom is 0.302 e. The molecule has 0 aliphatic heterocycles. The first-order chi connectivity index (χ1) is 5.83. The lowest BCUT2D eigenvalue weighted by atomic mass is 9.68. The summed E-state index contributed by atoms with van der Waals surface area (Å²) in [5, 5.41) is 0. The highest BCUT2D eigenvalue weighted by Crippen LogP contribution is 2.46. The van der Waals surface area contributed by atoms with Crippen LogP contribution < -0.4 is 0 Å². The van der Waals surface area contributed by atoms with E-state index in [1.54, 1.807) is 0 Å². The summed E-state index contributed by atoms with van der Waals surface area (Å²) >= 11 is 0. The molecule has 0 saturated heterocycles. The minimum Gasteiger partial charge on any atom is -0.211 e. The number of hydrogen-bond donors (Lipinski definition) is 0. The first-order valence-electron chi connectivity index (χ1n) is 4.04. The van der Waals surface area contributed by atoms with Gasteiger partial charge in [0.15, 0.2) is 0 Å². The fourth-order valence-electron chi connectivity index (χ4n) is 1.78. The lowest BCUT2D eigenvalue weighted by Gasteiger charge is -2.40. The molecule has 6 heteroatoms. The molecule has 1 aliphatic rings. The highest BCUT2D eigenvalue weighted by atomic mass is 32.3. The van der Waals surface area contributed by atoms with E-state index in [0.29, 0.717) is 19.3 Å². The molecule has 0 N–H and O–H groups in total. The molecule has 0 unspecified atom stereocenters. The van der Waals surface area contributed by atoms with Gasteiger partial charge in [0, 0.05) is 6.42 Å². The van der Waals surface area contributed by atoms with Gasteiger partial charge in [-0.15, -0.1) is 3.89 Å². The molecule has 0 heterocycles. The summed E-state index contributed by atoms with van der Waals surface area (Å²) in [5.74, 6) is -0.746. The SMILES string of the molecule is O=S(=O)(F)CC1(CC(F)F)CCC1. The van der Waals surface area contributed by atoms with Gasteiger partial charge in [-0.1, -0.05) is 6.42 Å². The molecule has 13 heavy (non-hydrogen) atoms. The monoisotopic (exact) mass is 216 g/mol. The van der Waals surface area contributed by atoms with Crippen LogP contribution in [0.5, 0.6) is 0 Å². The third-order valence-electron chi connectivity index (χ3n) is 2.48. The van der Waals surface area contributed by atoms with E-state index in [1.807, 2.05) is 0 Å². The Kier molecular flexibility index (Phi) is 2.89. The van der Waals surface area contributed by atoms with Gasteiger partial charge >= 0.3 is 10.2 Å². The largest absolute Gasteiger partial charge is 0.302 e. The van der Waals surface area contributed by atoms with Gasteiger partial charge in [-0.25, -0.2) is 8.78 Å². The average Bonchev–Trinajstić information content (AvgIpc) is 1.78. The summed E-state index contributed by atoms with van der Waals surface area (Å²) in [6.45, 7) is 0. The van der Waals surface area contributed by atoms with Crippen LogP contribution in [0, 0.1) is 5.41 Å². The molecule has 1 aliphatic carbocycles. The van der Waals surface area contributed by atoms with Gasteiger partial charge in [-0.3, -0.25) is 0 Å². The fraction of sp³-hybridized carbons (Fsp3) is 1.00. The van der Waals surface area contributed by atoms with Crippen LogP contribution in [0.2, 0.25) is 0 Å². The van der Waals surface area contributed by atoms with Crippen LogP contribution >= 0.6 is 0 Å². The molecule has 0 radical (unpaired) electrons. The Morgan fingerprint density at radius 1 is 1.31 bits per heavy atom. The minimum atomic E-state index is -4.62. The Labute approximate surface area is 75.3 Å². The van der Waals surface area contributed by atoms with Crippen molar-refractivity contribution in [1.82, 2.24) is 0 Å². The third kappa shape index (κ3) is 3.17. The van der Waals surface area contributed by atoms with Crippen LogP contribution in [-0.2, 0) is 10.2 Å². The molecule has 0 aromatic rings. The van der Waals surface area contributed by atoms with E-state index < -0.39 is 34.2 Å². The minimum absolute atomic E-state index is 0.389. The molecular formula is C7H11F3O2S. The Hall–Kier alpha value is -0.260. The normalized spacial score (nSPS) is 21.5. The molecule has 0 amide bonds. The van der Waals surface area contributed by atoms with E-state index in [1.165, 1.54) is 0 Å². The molecular weight excluding hydrogens is 205 g/mol. The van der Waals surface area contributed by atoms with Gasteiger partial charge < -0.3 is 0 Å². The average molecular weight is 216 g/mol. The zero-order valence-electron chi connectivity index (χ0n) is 6.97. The molecule has 0 bridgehead atoms. The van der Waals surface area contributed by atoms with Gasteiger partial charge in [0.1, 0.15) is 0 Å². The van der Waals surface area contributed by atoms with E-state index in [2.05, 4.69) is 0 Å². The van der Waals surface area contributed by atoms with Crippen molar-refractivity contribution in [2.75, 3.05) is 5.75 Å². The molecule has 1 rings (SSSR count). The van der Waals surface area contributed by atoms with Gasteiger partial charge in [0.25, 0.3) is 0 Å². The first kappa shape index (κ1) is 10.8. The molecule has 0 spiro atoms. The number of rotatable bonds is 4. The van der Waals surface area contributed by atoms with E-state index in [9.17, 15) is 21.1 Å². The summed E-state index contributed by atoms with van der Waals surface area (Å²) in [7, 11) is -4.62. The molecule has 0 aromatic heterocycles. The predicted octanol–water partition coefficient (Wildman–Crippen LogP) is 2.11. The van der Waals surface area contributed by atoms with Gasteiger partial charge in [-0.05, 0) is 18.3 Å². The highest BCUT2D eigenvalue weighted by Gasteiger charge is 2.43. The van der Waals surface area contributed by atoms with Gasteiger partial charge in [-0.2, -0.15) is 8.42 Å². The van der Waals surface area contributed by atoms with Crippen LogP contribution in [-0.4, -0.2) is 20.6 Å². The van der Waals surface area contributed by atoms with E-state index >= 15 is 0 Å². The standard InChI is InChI=1S/C7H11F3O2S/c8-6(9)4-7(2-1-3-7)5-13(10,11)12/h6H,1-5H2. The van der Waals surface area contributed by atoms with E-state index in [-0.39, 0.29) is 0 Å². The quantitative estimate of drug-likeness (QED) is 0.674. The zero-order valence-corrected chi connectivity index (χ0v) is 7.79.